The molecule has 0 saturated carbocycles. The summed E-state index contributed by atoms with van der Waals surface area (Å²) in [6, 6.07) is 8.58. The number of nitrogens with one attached hydrogen (secondary N) is 1. The van der Waals surface area contributed by atoms with Crippen LogP contribution in [-0.2, 0) is 0 Å². The van der Waals surface area contributed by atoms with Crippen LogP contribution in [0.4, 0.5) is 5.69 Å². The fraction of sp³-hybridized carbons (Fsp3) is 0.538. The molecule has 3 N–H and O–H groups in total. The molecule has 1 heterocycles. The molecular formula is C13H20N2S. The van der Waals surface area contributed by atoms with E-state index in [1.165, 1.54) is 35.6 Å². The van der Waals surface area contributed by atoms with Gasteiger partial charge < -0.3 is 11.1 Å². The Morgan fingerprint density at radius 1 is 1.25 bits per heavy atom. The number of anilines is 1. The van der Waals surface area contributed by atoms with Crippen molar-refractivity contribution in [3.05, 3.63) is 29.8 Å². The van der Waals surface area contributed by atoms with E-state index in [0.717, 1.165) is 6.54 Å². The van der Waals surface area contributed by atoms with Gasteiger partial charge in [-0.1, -0.05) is 17.7 Å². The van der Waals surface area contributed by atoms with Gasteiger partial charge in [0.25, 0.3) is 0 Å². The van der Waals surface area contributed by atoms with Crippen molar-refractivity contribution in [1.29, 1.82) is 0 Å². The number of nitrogens with two attached hydrogens (primary N) is 1. The van der Waals surface area contributed by atoms with E-state index in [1.807, 2.05) is 11.8 Å². The van der Waals surface area contributed by atoms with E-state index in [1.54, 1.807) is 0 Å². The van der Waals surface area contributed by atoms with Crippen molar-refractivity contribution in [2.75, 3.05) is 23.4 Å². The molecule has 88 valence electrons. The topological polar surface area (TPSA) is 38.0 Å². The number of aryl methyl sites for hydroxylation is 1. The lowest BCUT2D eigenvalue weighted by Crippen LogP contribution is -2.48. The largest absolute Gasteiger partial charge is 0.378 e. The van der Waals surface area contributed by atoms with Gasteiger partial charge in [-0.15, -0.1) is 0 Å². The third-order valence-electron chi connectivity index (χ3n) is 3.30. The number of rotatable bonds is 3. The Labute approximate surface area is 102 Å². The van der Waals surface area contributed by atoms with Crippen LogP contribution in [0.2, 0.25) is 0 Å². The van der Waals surface area contributed by atoms with Crippen molar-refractivity contribution in [1.82, 2.24) is 0 Å². The first kappa shape index (κ1) is 11.8. The minimum absolute atomic E-state index is 0.126. The van der Waals surface area contributed by atoms with Crippen LogP contribution in [0.5, 0.6) is 0 Å². The molecule has 1 aromatic carbocycles. The normalized spacial score (nSPS) is 19.4. The number of hydrogen-bond donors (Lipinski definition) is 2. The van der Waals surface area contributed by atoms with Crippen LogP contribution < -0.4 is 11.1 Å². The molecule has 0 unspecified atom stereocenters. The third kappa shape index (κ3) is 2.71. The molecule has 0 atom stereocenters. The lowest BCUT2D eigenvalue weighted by molar-refractivity contribution is 0.443. The predicted octanol–water partition coefficient (Wildman–Crippen LogP) is 2.63. The van der Waals surface area contributed by atoms with Crippen LogP contribution in [0, 0.1) is 6.92 Å². The molecule has 1 saturated heterocycles. The monoisotopic (exact) mass is 236 g/mol. The van der Waals surface area contributed by atoms with E-state index in [2.05, 4.69) is 36.5 Å². The molecule has 1 aliphatic rings. The Morgan fingerprint density at radius 3 is 2.44 bits per heavy atom. The molecule has 0 radical (unpaired) electrons. The molecule has 3 heteroatoms. The smallest absolute Gasteiger partial charge is 0.0511 e. The second-order valence-electron chi connectivity index (χ2n) is 4.59. The van der Waals surface area contributed by atoms with Crippen molar-refractivity contribution in [2.45, 2.75) is 25.3 Å². The molecular weight excluding hydrogens is 216 g/mol. The second kappa shape index (κ2) is 5.11. The zero-order valence-corrected chi connectivity index (χ0v) is 10.6. The van der Waals surface area contributed by atoms with Gasteiger partial charge in [-0.3, -0.25) is 0 Å². The Hall–Kier alpha value is -0.670. The highest BCUT2D eigenvalue weighted by Gasteiger charge is 2.30. The number of thioether (sulfide) groups is 1. The zero-order chi connectivity index (χ0) is 11.4. The van der Waals surface area contributed by atoms with Crippen LogP contribution in [0.3, 0.4) is 0 Å². The summed E-state index contributed by atoms with van der Waals surface area (Å²) in [4.78, 5) is 0. The fourth-order valence-corrected chi connectivity index (χ4v) is 3.36. The lowest BCUT2D eigenvalue weighted by Gasteiger charge is -2.37. The Balaban J connectivity index is 2.08. The fourth-order valence-electron chi connectivity index (χ4n) is 2.09. The Bertz CT molecular complexity index is 328. The highest BCUT2D eigenvalue weighted by molar-refractivity contribution is 7.99. The minimum atomic E-state index is 0.126. The van der Waals surface area contributed by atoms with E-state index >= 15 is 0 Å². The number of benzene rings is 1. The van der Waals surface area contributed by atoms with E-state index in [0.29, 0.717) is 0 Å². The molecule has 0 aliphatic carbocycles. The summed E-state index contributed by atoms with van der Waals surface area (Å²) in [6.07, 6.45) is 2.34. The van der Waals surface area contributed by atoms with Gasteiger partial charge >= 0.3 is 0 Å². The molecule has 0 bridgehead atoms. The van der Waals surface area contributed by atoms with Crippen LogP contribution in [0.15, 0.2) is 24.3 Å². The van der Waals surface area contributed by atoms with Gasteiger partial charge in [0.2, 0.25) is 0 Å². The average molecular weight is 236 g/mol. The van der Waals surface area contributed by atoms with Gasteiger partial charge in [-0.05, 0) is 43.4 Å². The summed E-state index contributed by atoms with van der Waals surface area (Å²) in [6.45, 7) is 2.83. The molecule has 0 amide bonds. The average Bonchev–Trinajstić information content (AvgIpc) is 2.33. The molecule has 1 aromatic rings. The van der Waals surface area contributed by atoms with Crippen molar-refractivity contribution >= 4 is 17.4 Å². The highest BCUT2D eigenvalue weighted by atomic mass is 32.2. The second-order valence-corrected chi connectivity index (χ2v) is 5.81. The van der Waals surface area contributed by atoms with Gasteiger partial charge in [-0.2, -0.15) is 11.8 Å². The van der Waals surface area contributed by atoms with Crippen molar-refractivity contribution in [2.24, 2.45) is 5.73 Å². The van der Waals surface area contributed by atoms with E-state index in [-0.39, 0.29) is 5.54 Å². The van der Waals surface area contributed by atoms with Crippen LogP contribution >= 0.6 is 11.8 Å². The van der Waals surface area contributed by atoms with Crippen molar-refractivity contribution < 1.29 is 0 Å². The molecule has 0 spiro atoms. The summed E-state index contributed by atoms with van der Waals surface area (Å²) in [7, 11) is 0. The Kier molecular flexibility index (Phi) is 3.77. The van der Waals surface area contributed by atoms with E-state index < -0.39 is 0 Å². The molecule has 16 heavy (non-hydrogen) atoms. The summed E-state index contributed by atoms with van der Waals surface area (Å²) < 4.78 is 0. The minimum Gasteiger partial charge on any atom is -0.378 e. The highest BCUT2D eigenvalue weighted by Crippen LogP contribution is 2.29. The summed E-state index contributed by atoms with van der Waals surface area (Å²) in [5.41, 5.74) is 8.56. The Morgan fingerprint density at radius 2 is 1.88 bits per heavy atom. The van der Waals surface area contributed by atoms with Gasteiger partial charge in [-0.25, -0.2) is 0 Å². The van der Waals surface area contributed by atoms with Crippen molar-refractivity contribution in [3.8, 4) is 0 Å². The number of hydrogen-bond acceptors (Lipinski definition) is 3. The predicted molar refractivity (Wildman–Crippen MR) is 73.1 cm³/mol. The van der Waals surface area contributed by atoms with Gasteiger partial charge in [0.1, 0.15) is 0 Å². The maximum Gasteiger partial charge on any atom is 0.0511 e. The van der Waals surface area contributed by atoms with Gasteiger partial charge in [0, 0.05) is 12.2 Å². The molecule has 2 nitrogen and oxygen atoms in total. The van der Waals surface area contributed by atoms with Gasteiger partial charge in [0.15, 0.2) is 0 Å². The quantitative estimate of drug-likeness (QED) is 0.847. The van der Waals surface area contributed by atoms with Crippen molar-refractivity contribution in [3.63, 3.8) is 0 Å². The zero-order valence-electron chi connectivity index (χ0n) is 9.83. The SMILES string of the molecule is Cc1ccc(NC2(CN)CCSCC2)cc1. The molecule has 1 fully saturated rings. The lowest BCUT2D eigenvalue weighted by atomic mass is 9.92. The summed E-state index contributed by atoms with van der Waals surface area (Å²) >= 11 is 2.03. The first-order valence-corrected chi connectivity index (χ1v) is 7.02. The maximum absolute atomic E-state index is 5.94. The summed E-state index contributed by atoms with van der Waals surface area (Å²) in [5.74, 6) is 2.44. The first-order valence-electron chi connectivity index (χ1n) is 5.87. The maximum atomic E-state index is 5.94. The first-order chi connectivity index (χ1) is 7.74. The summed E-state index contributed by atoms with van der Waals surface area (Å²) in [5, 5.41) is 3.63. The van der Waals surface area contributed by atoms with Crippen LogP contribution in [0.1, 0.15) is 18.4 Å². The third-order valence-corrected chi connectivity index (χ3v) is 4.29. The van der Waals surface area contributed by atoms with E-state index in [4.69, 9.17) is 5.73 Å². The van der Waals surface area contributed by atoms with Gasteiger partial charge in [0.05, 0.1) is 5.54 Å². The standard InChI is InChI=1S/C13H20N2S/c1-11-2-4-12(5-3-11)15-13(10-14)6-8-16-9-7-13/h2-5,15H,6-10,14H2,1H3. The molecule has 0 aromatic heterocycles. The van der Waals surface area contributed by atoms with E-state index in [9.17, 15) is 0 Å². The molecule has 1 aliphatic heterocycles. The van der Waals surface area contributed by atoms with Crippen LogP contribution in [0.25, 0.3) is 0 Å². The van der Waals surface area contributed by atoms with Crippen LogP contribution in [-0.4, -0.2) is 23.6 Å². The molecule has 2 rings (SSSR count).